The minimum absolute atomic E-state index is 0.242. The van der Waals surface area contributed by atoms with Gasteiger partial charge in [-0.1, -0.05) is 23.7 Å². The highest BCUT2D eigenvalue weighted by atomic mass is 35.5. The van der Waals surface area contributed by atoms with Crippen molar-refractivity contribution in [3.05, 3.63) is 51.2 Å². The Morgan fingerprint density at radius 2 is 2.00 bits per heavy atom. The normalized spacial score (nSPS) is 10.3. The number of carboxylic acid groups (broad SMARTS) is 1. The molecule has 3 nitrogen and oxygen atoms in total. The van der Waals surface area contributed by atoms with Crippen LogP contribution in [0.3, 0.4) is 0 Å². The number of carbonyl (C=O) groups is 1. The van der Waals surface area contributed by atoms with Crippen molar-refractivity contribution in [1.82, 2.24) is 0 Å². The molecular formula is C13H11ClO3S. The summed E-state index contributed by atoms with van der Waals surface area (Å²) in [6, 6.07) is 9.18. The maximum absolute atomic E-state index is 10.9. The molecule has 0 saturated carbocycles. The molecule has 0 atom stereocenters. The van der Waals surface area contributed by atoms with Crippen LogP contribution in [-0.2, 0) is 6.42 Å². The van der Waals surface area contributed by atoms with Gasteiger partial charge in [-0.25, -0.2) is 4.79 Å². The Morgan fingerprint density at radius 1 is 1.28 bits per heavy atom. The Labute approximate surface area is 114 Å². The maximum atomic E-state index is 10.9. The molecule has 2 aromatic rings. The molecule has 0 aliphatic heterocycles. The van der Waals surface area contributed by atoms with Gasteiger partial charge in [0.05, 0.1) is 6.61 Å². The molecule has 0 saturated heterocycles. The standard InChI is InChI=1S/C13H11ClO3S/c14-10-3-1-9(2-4-10)5-7-17-11-6-8-18-12(11)13(15)16/h1-4,6,8H,5,7H2,(H,15,16). The maximum Gasteiger partial charge on any atom is 0.349 e. The molecule has 5 heteroatoms. The van der Waals surface area contributed by atoms with Crippen LogP contribution in [0.15, 0.2) is 35.7 Å². The summed E-state index contributed by atoms with van der Waals surface area (Å²) in [4.78, 5) is 11.1. The van der Waals surface area contributed by atoms with Crippen LogP contribution in [0.5, 0.6) is 5.75 Å². The third kappa shape index (κ3) is 3.24. The summed E-state index contributed by atoms with van der Waals surface area (Å²) in [5.74, 6) is -0.520. The summed E-state index contributed by atoms with van der Waals surface area (Å²) in [5.41, 5.74) is 1.10. The summed E-state index contributed by atoms with van der Waals surface area (Å²) in [7, 11) is 0. The first kappa shape index (κ1) is 12.9. The van der Waals surface area contributed by atoms with E-state index in [0.717, 1.165) is 16.9 Å². The lowest BCUT2D eigenvalue weighted by Gasteiger charge is -2.05. The number of ether oxygens (including phenoxy) is 1. The molecule has 0 aliphatic rings. The van der Waals surface area contributed by atoms with Crippen molar-refractivity contribution in [3.63, 3.8) is 0 Å². The molecule has 0 radical (unpaired) electrons. The average molecular weight is 283 g/mol. The van der Waals surface area contributed by atoms with E-state index in [-0.39, 0.29) is 4.88 Å². The van der Waals surface area contributed by atoms with E-state index in [4.69, 9.17) is 21.4 Å². The van der Waals surface area contributed by atoms with Crippen LogP contribution in [0, 0.1) is 0 Å². The van der Waals surface area contributed by atoms with Crippen molar-refractivity contribution in [1.29, 1.82) is 0 Å². The van der Waals surface area contributed by atoms with E-state index in [1.54, 1.807) is 11.4 Å². The predicted octanol–water partition coefficient (Wildman–Crippen LogP) is 3.72. The smallest absolute Gasteiger partial charge is 0.349 e. The number of benzene rings is 1. The fraction of sp³-hybridized carbons (Fsp3) is 0.154. The quantitative estimate of drug-likeness (QED) is 0.909. The Bertz CT molecular complexity index is 533. The van der Waals surface area contributed by atoms with Gasteiger partial charge in [0.2, 0.25) is 0 Å². The number of hydrogen-bond donors (Lipinski definition) is 1. The lowest BCUT2D eigenvalue weighted by Crippen LogP contribution is -2.04. The van der Waals surface area contributed by atoms with E-state index in [9.17, 15) is 4.79 Å². The fourth-order valence-electron chi connectivity index (χ4n) is 1.50. The first-order chi connectivity index (χ1) is 8.66. The van der Waals surface area contributed by atoms with Gasteiger partial charge in [-0.05, 0) is 29.1 Å². The minimum atomic E-state index is -0.952. The van der Waals surface area contributed by atoms with Gasteiger partial charge in [-0.2, -0.15) is 0 Å². The molecule has 0 bridgehead atoms. The lowest BCUT2D eigenvalue weighted by molar-refractivity contribution is 0.0698. The van der Waals surface area contributed by atoms with E-state index >= 15 is 0 Å². The van der Waals surface area contributed by atoms with Crippen LogP contribution in [0.25, 0.3) is 0 Å². The second-order valence-corrected chi connectivity index (χ2v) is 5.00. The first-order valence-corrected chi connectivity index (χ1v) is 6.60. The molecule has 1 aromatic heterocycles. The van der Waals surface area contributed by atoms with Crippen molar-refractivity contribution < 1.29 is 14.6 Å². The number of thiophene rings is 1. The van der Waals surface area contributed by atoms with E-state index < -0.39 is 5.97 Å². The van der Waals surface area contributed by atoms with Gasteiger partial charge in [-0.3, -0.25) is 0 Å². The zero-order chi connectivity index (χ0) is 13.0. The number of aromatic carboxylic acids is 1. The van der Waals surface area contributed by atoms with Gasteiger partial charge in [0.1, 0.15) is 5.75 Å². The third-order valence-corrected chi connectivity index (χ3v) is 3.52. The zero-order valence-corrected chi connectivity index (χ0v) is 11.0. The Kier molecular flexibility index (Phi) is 4.23. The van der Waals surface area contributed by atoms with Crippen LogP contribution < -0.4 is 4.74 Å². The number of carboxylic acids is 1. The van der Waals surface area contributed by atoms with Gasteiger partial charge in [0, 0.05) is 11.4 Å². The Morgan fingerprint density at radius 3 is 2.67 bits per heavy atom. The highest BCUT2D eigenvalue weighted by Gasteiger charge is 2.12. The van der Waals surface area contributed by atoms with Crippen LogP contribution >= 0.6 is 22.9 Å². The Balaban J connectivity index is 1.90. The third-order valence-electron chi connectivity index (χ3n) is 2.38. The Hall–Kier alpha value is -1.52. The van der Waals surface area contributed by atoms with Crippen LogP contribution in [-0.4, -0.2) is 17.7 Å². The van der Waals surface area contributed by atoms with Gasteiger partial charge in [-0.15, -0.1) is 11.3 Å². The summed E-state index contributed by atoms with van der Waals surface area (Å²) < 4.78 is 5.47. The molecule has 1 heterocycles. The molecule has 94 valence electrons. The van der Waals surface area contributed by atoms with Gasteiger partial charge >= 0.3 is 5.97 Å². The van der Waals surface area contributed by atoms with Gasteiger partial charge in [0.25, 0.3) is 0 Å². The summed E-state index contributed by atoms with van der Waals surface area (Å²) >= 11 is 6.95. The molecule has 0 fully saturated rings. The highest BCUT2D eigenvalue weighted by molar-refractivity contribution is 7.12. The number of rotatable bonds is 5. The molecule has 0 amide bonds. The summed E-state index contributed by atoms with van der Waals surface area (Å²) in [6.07, 6.45) is 0.714. The van der Waals surface area contributed by atoms with Gasteiger partial charge < -0.3 is 9.84 Å². The monoisotopic (exact) mass is 282 g/mol. The van der Waals surface area contributed by atoms with Crippen molar-refractivity contribution in [2.75, 3.05) is 6.61 Å². The molecule has 1 N–H and O–H groups in total. The van der Waals surface area contributed by atoms with Crippen LogP contribution in [0.4, 0.5) is 0 Å². The number of hydrogen-bond acceptors (Lipinski definition) is 3. The van der Waals surface area contributed by atoms with Gasteiger partial charge in [0.15, 0.2) is 4.88 Å². The molecule has 2 rings (SSSR count). The fourth-order valence-corrected chi connectivity index (χ4v) is 2.29. The van der Waals surface area contributed by atoms with Crippen molar-refractivity contribution in [2.45, 2.75) is 6.42 Å². The molecule has 1 aromatic carbocycles. The second kappa shape index (κ2) is 5.89. The van der Waals surface area contributed by atoms with Crippen LogP contribution in [0.1, 0.15) is 15.2 Å². The lowest BCUT2D eigenvalue weighted by atomic mass is 10.2. The molecular weight excluding hydrogens is 272 g/mol. The van der Waals surface area contributed by atoms with E-state index in [1.165, 1.54) is 0 Å². The van der Waals surface area contributed by atoms with Crippen molar-refractivity contribution >= 4 is 28.9 Å². The molecule has 18 heavy (non-hydrogen) atoms. The van der Waals surface area contributed by atoms with Crippen molar-refractivity contribution in [3.8, 4) is 5.75 Å². The van der Waals surface area contributed by atoms with Crippen molar-refractivity contribution in [2.24, 2.45) is 0 Å². The predicted molar refractivity (Wildman–Crippen MR) is 71.9 cm³/mol. The zero-order valence-electron chi connectivity index (χ0n) is 9.43. The largest absolute Gasteiger partial charge is 0.491 e. The topological polar surface area (TPSA) is 46.5 Å². The van der Waals surface area contributed by atoms with E-state index in [2.05, 4.69) is 0 Å². The van der Waals surface area contributed by atoms with Crippen LogP contribution in [0.2, 0.25) is 5.02 Å². The molecule has 0 spiro atoms. The highest BCUT2D eigenvalue weighted by Crippen LogP contribution is 2.24. The van der Waals surface area contributed by atoms with E-state index in [0.29, 0.717) is 23.8 Å². The molecule has 0 unspecified atom stereocenters. The van der Waals surface area contributed by atoms with E-state index in [1.807, 2.05) is 24.3 Å². The second-order valence-electron chi connectivity index (χ2n) is 3.64. The minimum Gasteiger partial charge on any atom is -0.491 e. The number of halogens is 1. The summed E-state index contributed by atoms with van der Waals surface area (Å²) in [5, 5.41) is 11.3. The SMILES string of the molecule is O=C(O)c1sccc1OCCc1ccc(Cl)cc1. The summed E-state index contributed by atoms with van der Waals surface area (Å²) in [6.45, 7) is 0.443. The first-order valence-electron chi connectivity index (χ1n) is 5.35. The molecule has 0 aliphatic carbocycles. The average Bonchev–Trinajstić information content (AvgIpc) is 2.80.